The normalized spacial score (nSPS) is 16.3. The second kappa shape index (κ2) is 7.45. The van der Waals surface area contributed by atoms with E-state index >= 15 is 0 Å². The first-order chi connectivity index (χ1) is 12.5. The van der Waals surface area contributed by atoms with E-state index in [0.29, 0.717) is 0 Å². The van der Waals surface area contributed by atoms with E-state index in [1.807, 2.05) is 47.4 Å². The van der Waals surface area contributed by atoms with Crippen LogP contribution in [0, 0.1) is 11.3 Å². The third kappa shape index (κ3) is 3.48. The van der Waals surface area contributed by atoms with Gasteiger partial charge in [-0.2, -0.15) is 5.26 Å². The fourth-order valence-electron chi connectivity index (χ4n) is 3.37. The van der Waals surface area contributed by atoms with Crippen molar-refractivity contribution in [2.45, 2.75) is 39.2 Å². The van der Waals surface area contributed by atoms with Crippen molar-refractivity contribution in [1.29, 1.82) is 5.26 Å². The first-order valence-corrected chi connectivity index (χ1v) is 8.89. The number of nitriles is 1. The number of anilines is 2. The van der Waals surface area contributed by atoms with E-state index in [1.165, 1.54) is 5.56 Å². The predicted octanol–water partition coefficient (Wildman–Crippen LogP) is 4.61. The van der Waals surface area contributed by atoms with E-state index in [1.54, 1.807) is 6.20 Å². The Morgan fingerprint density at radius 2 is 1.92 bits per heavy atom. The van der Waals surface area contributed by atoms with Crippen LogP contribution < -0.4 is 10.2 Å². The van der Waals surface area contributed by atoms with Crippen molar-refractivity contribution < 1.29 is 4.79 Å². The summed E-state index contributed by atoms with van der Waals surface area (Å²) in [6.45, 7) is 6.25. The number of carbonyl (C=O) groups is 1. The van der Waals surface area contributed by atoms with Crippen LogP contribution in [0.25, 0.3) is 0 Å². The Morgan fingerprint density at radius 1 is 1.23 bits per heavy atom. The highest BCUT2D eigenvalue weighted by Crippen LogP contribution is 2.32. The third-order valence-electron chi connectivity index (χ3n) is 4.72. The van der Waals surface area contributed by atoms with Gasteiger partial charge in [-0.3, -0.25) is 4.79 Å². The lowest BCUT2D eigenvalue weighted by Crippen LogP contribution is -2.26. The smallest absolute Gasteiger partial charge is 0.267 e. The van der Waals surface area contributed by atoms with Crippen LogP contribution in [0.1, 0.15) is 37.8 Å². The number of benzene rings is 2. The second-order valence-corrected chi connectivity index (χ2v) is 6.94. The molecular weight excluding hydrogens is 322 g/mol. The quantitative estimate of drug-likeness (QED) is 0.650. The predicted molar refractivity (Wildman–Crippen MR) is 105 cm³/mol. The Kier molecular flexibility index (Phi) is 5.09. The minimum absolute atomic E-state index is 0.104. The summed E-state index contributed by atoms with van der Waals surface area (Å²) in [5.74, 6) is -0.0938. The van der Waals surface area contributed by atoms with Crippen molar-refractivity contribution in [3.8, 4) is 6.07 Å². The molecule has 0 spiro atoms. The van der Waals surface area contributed by atoms with Gasteiger partial charge in [0.25, 0.3) is 5.91 Å². The van der Waals surface area contributed by atoms with Gasteiger partial charge in [-0.1, -0.05) is 50.2 Å². The fraction of sp³-hybridized carbons (Fsp3) is 0.273. The number of rotatable bonds is 4. The number of nitrogens with zero attached hydrogens (tertiary/aromatic N) is 2. The Labute approximate surface area is 154 Å². The number of hydrogen-bond donors (Lipinski definition) is 1. The van der Waals surface area contributed by atoms with E-state index in [-0.39, 0.29) is 23.4 Å². The van der Waals surface area contributed by atoms with Gasteiger partial charge in [-0.05, 0) is 42.5 Å². The van der Waals surface area contributed by atoms with E-state index in [9.17, 15) is 10.1 Å². The standard InChI is InChI=1S/C22H23N3O/c1-15(2)19-9-5-6-10-20(19)24-22(26)18(13-23)14-25-16(3)12-17-8-4-7-11-21(17)25/h4-11,14-16H,12H2,1-3H3,(H,24,26)/b18-14-. The van der Waals surface area contributed by atoms with Gasteiger partial charge in [0.15, 0.2) is 0 Å². The zero-order chi connectivity index (χ0) is 18.7. The van der Waals surface area contributed by atoms with Crippen molar-refractivity contribution in [3.63, 3.8) is 0 Å². The summed E-state index contributed by atoms with van der Waals surface area (Å²) in [4.78, 5) is 14.7. The highest BCUT2D eigenvalue weighted by Gasteiger charge is 2.25. The molecule has 4 nitrogen and oxygen atoms in total. The molecule has 132 valence electrons. The van der Waals surface area contributed by atoms with Crippen LogP contribution in [0.2, 0.25) is 0 Å². The molecule has 1 N–H and O–H groups in total. The molecule has 0 saturated heterocycles. The van der Waals surface area contributed by atoms with Gasteiger partial charge in [0.2, 0.25) is 0 Å². The maximum Gasteiger partial charge on any atom is 0.267 e. The van der Waals surface area contributed by atoms with Gasteiger partial charge in [-0.25, -0.2) is 0 Å². The number of fused-ring (bicyclic) bond motifs is 1. The molecule has 1 atom stereocenters. The molecule has 0 aromatic heterocycles. The average molecular weight is 345 g/mol. The van der Waals surface area contributed by atoms with Crippen LogP contribution in [0.15, 0.2) is 60.3 Å². The number of amides is 1. The van der Waals surface area contributed by atoms with Crippen LogP contribution in [-0.4, -0.2) is 11.9 Å². The van der Waals surface area contributed by atoms with Crippen LogP contribution in [0.4, 0.5) is 11.4 Å². The van der Waals surface area contributed by atoms with Gasteiger partial charge < -0.3 is 10.2 Å². The highest BCUT2D eigenvalue weighted by atomic mass is 16.1. The first-order valence-electron chi connectivity index (χ1n) is 8.89. The maximum absolute atomic E-state index is 12.7. The summed E-state index contributed by atoms with van der Waals surface area (Å²) in [5.41, 5.74) is 4.20. The molecule has 0 aliphatic carbocycles. The molecule has 2 aromatic carbocycles. The lowest BCUT2D eigenvalue weighted by Gasteiger charge is -2.21. The maximum atomic E-state index is 12.7. The number of nitrogens with one attached hydrogen (secondary N) is 1. The molecule has 26 heavy (non-hydrogen) atoms. The molecule has 1 unspecified atom stereocenters. The van der Waals surface area contributed by atoms with Gasteiger partial charge in [0.1, 0.15) is 11.6 Å². The highest BCUT2D eigenvalue weighted by molar-refractivity contribution is 6.07. The van der Waals surface area contributed by atoms with E-state index in [2.05, 4.69) is 38.2 Å². The zero-order valence-electron chi connectivity index (χ0n) is 15.4. The molecule has 1 aliphatic heterocycles. The topological polar surface area (TPSA) is 56.1 Å². The second-order valence-electron chi connectivity index (χ2n) is 6.94. The van der Waals surface area contributed by atoms with Crippen molar-refractivity contribution in [2.24, 2.45) is 0 Å². The average Bonchev–Trinajstić information content (AvgIpc) is 2.95. The Bertz CT molecular complexity index is 892. The van der Waals surface area contributed by atoms with E-state index < -0.39 is 0 Å². The molecule has 2 aromatic rings. The molecule has 0 bridgehead atoms. The van der Waals surface area contributed by atoms with Gasteiger partial charge >= 0.3 is 0 Å². The molecule has 4 heteroatoms. The van der Waals surface area contributed by atoms with E-state index in [4.69, 9.17) is 0 Å². The monoisotopic (exact) mass is 345 g/mol. The van der Waals surface area contributed by atoms with Crippen LogP contribution >= 0.6 is 0 Å². The fourth-order valence-corrected chi connectivity index (χ4v) is 3.37. The summed E-state index contributed by atoms with van der Waals surface area (Å²) in [5, 5.41) is 12.4. The molecule has 0 fully saturated rings. The number of carbonyl (C=O) groups excluding carboxylic acids is 1. The van der Waals surface area contributed by atoms with Crippen LogP contribution in [-0.2, 0) is 11.2 Å². The number of para-hydroxylation sites is 2. The molecule has 1 heterocycles. The molecule has 0 radical (unpaired) electrons. The van der Waals surface area contributed by atoms with Gasteiger partial charge in [0.05, 0.1) is 0 Å². The summed E-state index contributed by atoms with van der Waals surface area (Å²) in [7, 11) is 0. The first kappa shape index (κ1) is 17.8. The minimum atomic E-state index is -0.378. The van der Waals surface area contributed by atoms with Gasteiger partial charge in [0, 0.05) is 23.6 Å². The van der Waals surface area contributed by atoms with Crippen molar-refractivity contribution in [1.82, 2.24) is 0 Å². The SMILES string of the molecule is CC(C)c1ccccc1NC(=O)/C(C#N)=C\N1c2ccccc2CC1C. The Hall–Kier alpha value is -3.06. The summed E-state index contributed by atoms with van der Waals surface area (Å²) < 4.78 is 0. The zero-order valence-corrected chi connectivity index (χ0v) is 15.4. The Balaban J connectivity index is 1.87. The van der Waals surface area contributed by atoms with Crippen molar-refractivity contribution >= 4 is 17.3 Å². The van der Waals surface area contributed by atoms with E-state index in [0.717, 1.165) is 23.4 Å². The van der Waals surface area contributed by atoms with Crippen LogP contribution in [0.5, 0.6) is 0 Å². The third-order valence-corrected chi connectivity index (χ3v) is 4.72. The largest absolute Gasteiger partial charge is 0.343 e. The minimum Gasteiger partial charge on any atom is -0.343 e. The van der Waals surface area contributed by atoms with Crippen LogP contribution in [0.3, 0.4) is 0 Å². The lowest BCUT2D eigenvalue weighted by molar-refractivity contribution is -0.112. The van der Waals surface area contributed by atoms with Crippen molar-refractivity contribution in [3.05, 3.63) is 71.4 Å². The molecule has 1 aliphatic rings. The molecule has 3 rings (SSSR count). The Morgan fingerprint density at radius 3 is 2.65 bits per heavy atom. The van der Waals surface area contributed by atoms with Gasteiger partial charge in [-0.15, -0.1) is 0 Å². The molecule has 0 saturated carbocycles. The molecular formula is C22H23N3O. The summed E-state index contributed by atoms with van der Waals surface area (Å²) in [6.07, 6.45) is 2.58. The summed E-state index contributed by atoms with van der Waals surface area (Å²) >= 11 is 0. The summed E-state index contributed by atoms with van der Waals surface area (Å²) in [6, 6.07) is 18.1. The number of hydrogen-bond acceptors (Lipinski definition) is 3. The lowest BCUT2D eigenvalue weighted by atomic mass is 10.0. The molecule has 1 amide bonds. The van der Waals surface area contributed by atoms with Crippen molar-refractivity contribution in [2.75, 3.05) is 10.2 Å².